The van der Waals surface area contributed by atoms with Crippen molar-refractivity contribution in [1.29, 1.82) is 0 Å². The molecule has 0 radical (unpaired) electrons. The predicted molar refractivity (Wildman–Crippen MR) is 89.0 cm³/mol. The summed E-state index contributed by atoms with van der Waals surface area (Å²) in [4.78, 5) is 0. The molecule has 1 heteroatoms. The molecule has 0 saturated heterocycles. The molecule has 0 heterocycles. The van der Waals surface area contributed by atoms with Crippen LogP contribution in [0.1, 0.15) is 90.9 Å². The molecule has 2 fully saturated rings. The van der Waals surface area contributed by atoms with Gasteiger partial charge in [0, 0.05) is 6.04 Å². The predicted octanol–water partition coefficient (Wildman–Crippen LogP) is 5.54. The molecule has 1 atom stereocenters. The van der Waals surface area contributed by atoms with E-state index in [-0.39, 0.29) is 0 Å². The van der Waals surface area contributed by atoms with Crippen LogP contribution in [0.2, 0.25) is 0 Å². The van der Waals surface area contributed by atoms with E-state index in [4.69, 9.17) is 0 Å². The molecule has 0 aromatic carbocycles. The van der Waals surface area contributed by atoms with Crippen molar-refractivity contribution in [3.8, 4) is 0 Å². The summed E-state index contributed by atoms with van der Waals surface area (Å²) in [6.45, 7) is 5.86. The first-order valence-electron chi connectivity index (χ1n) is 9.56. The van der Waals surface area contributed by atoms with Crippen molar-refractivity contribution in [2.75, 3.05) is 6.54 Å². The van der Waals surface area contributed by atoms with E-state index >= 15 is 0 Å². The normalized spacial score (nSPS) is 29.1. The van der Waals surface area contributed by atoms with E-state index in [1.807, 2.05) is 0 Å². The van der Waals surface area contributed by atoms with Gasteiger partial charge in [-0.25, -0.2) is 0 Å². The maximum Gasteiger partial charge on any atom is 0.00979 e. The number of hydrogen-bond donors (Lipinski definition) is 1. The van der Waals surface area contributed by atoms with Gasteiger partial charge in [0.2, 0.25) is 0 Å². The highest BCUT2D eigenvalue weighted by Gasteiger charge is 2.30. The Labute approximate surface area is 127 Å². The van der Waals surface area contributed by atoms with Gasteiger partial charge in [-0.15, -0.1) is 0 Å². The van der Waals surface area contributed by atoms with Crippen molar-refractivity contribution >= 4 is 0 Å². The van der Waals surface area contributed by atoms with E-state index < -0.39 is 0 Å². The van der Waals surface area contributed by atoms with Crippen LogP contribution in [0.15, 0.2) is 0 Å². The first-order chi connectivity index (χ1) is 9.83. The molecule has 1 N–H and O–H groups in total. The van der Waals surface area contributed by atoms with Crippen molar-refractivity contribution in [1.82, 2.24) is 5.32 Å². The van der Waals surface area contributed by atoms with Crippen LogP contribution in [0.25, 0.3) is 0 Å². The fraction of sp³-hybridized carbons (Fsp3) is 1.00. The smallest absolute Gasteiger partial charge is 0.00979 e. The van der Waals surface area contributed by atoms with Crippen LogP contribution >= 0.6 is 0 Å². The van der Waals surface area contributed by atoms with Crippen LogP contribution in [0.4, 0.5) is 0 Å². The zero-order valence-electron chi connectivity index (χ0n) is 14.0. The summed E-state index contributed by atoms with van der Waals surface area (Å²) < 4.78 is 0. The van der Waals surface area contributed by atoms with Gasteiger partial charge in [-0.2, -0.15) is 0 Å². The first kappa shape index (κ1) is 16.3. The fourth-order valence-electron chi connectivity index (χ4n) is 4.23. The number of nitrogens with one attached hydrogen (secondary N) is 1. The van der Waals surface area contributed by atoms with Gasteiger partial charge in [-0.1, -0.05) is 65.2 Å². The average molecular weight is 280 g/mol. The summed E-state index contributed by atoms with van der Waals surface area (Å²) in [7, 11) is 0. The second-order valence-corrected chi connectivity index (χ2v) is 7.52. The van der Waals surface area contributed by atoms with Gasteiger partial charge >= 0.3 is 0 Å². The SMILES string of the molecule is CCCCC1CCC(C(CC2CCC2)NCCC)CC1. The molecule has 2 aliphatic rings. The zero-order valence-corrected chi connectivity index (χ0v) is 14.0. The Morgan fingerprint density at radius 1 is 0.900 bits per heavy atom. The Morgan fingerprint density at radius 3 is 2.20 bits per heavy atom. The minimum atomic E-state index is 0.840. The third kappa shape index (κ3) is 5.06. The van der Waals surface area contributed by atoms with Crippen LogP contribution < -0.4 is 5.32 Å². The van der Waals surface area contributed by atoms with Gasteiger partial charge in [-0.05, 0) is 50.0 Å². The molecule has 0 aliphatic heterocycles. The van der Waals surface area contributed by atoms with E-state index in [1.165, 1.54) is 83.6 Å². The quantitative estimate of drug-likeness (QED) is 0.584. The van der Waals surface area contributed by atoms with E-state index in [9.17, 15) is 0 Å². The standard InChI is InChI=1S/C19H37N/c1-3-5-7-16-10-12-18(13-11-16)19(20-14-4-2)15-17-8-6-9-17/h16-20H,3-15H2,1-2H3. The van der Waals surface area contributed by atoms with Gasteiger partial charge in [0.15, 0.2) is 0 Å². The average Bonchev–Trinajstić information content (AvgIpc) is 2.44. The van der Waals surface area contributed by atoms with E-state index in [1.54, 1.807) is 0 Å². The van der Waals surface area contributed by atoms with Crippen molar-refractivity contribution in [2.24, 2.45) is 17.8 Å². The Balaban J connectivity index is 1.73. The molecule has 118 valence electrons. The maximum atomic E-state index is 3.90. The summed E-state index contributed by atoms with van der Waals surface area (Å²) in [6, 6.07) is 0.840. The maximum absolute atomic E-state index is 3.90. The molecular weight excluding hydrogens is 242 g/mol. The van der Waals surface area contributed by atoms with Gasteiger partial charge in [-0.3, -0.25) is 0 Å². The van der Waals surface area contributed by atoms with Crippen molar-refractivity contribution in [3.05, 3.63) is 0 Å². The van der Waals surface area contributed by atoms with Crippen LogP contribution in [0.5, 0.6) is 0 Å². The van der Waals surface area contributed by atoms with Gasteiger partial charge in [0.05, 0.1) is 0 Å². The minimum absolute atomic E-state index is 0.840. The van der Waals surface area contributed by atoms with Crippen LogP contribution in [-0.4, -0.2) is 12.6 Å². The molecule has 1 unspecified atom stereocenters. The molecule has 0 bridgehead atoms. The Hall–Kier alpha value is -0.0400. The molecule has 20 heavy (non-hydrogen) atoms. The Bertz CT molecular complexity index is 238. The molecule has 0 aromatic rings. The zero-order chi connectivity index (χ0) is 14.2. The number of rotatable bonds is 9. The van der Waals surface area contributed by atoms with Gasteiger partial charge in [0.1, 0.15) is 0 Å². The second-order valence-electron chi connectivity index (χ2n) is 7.52. The molecular formula is C19H37N. The minimum Gasteiger partial charge on any atom is -0.314 e. The van der Waals surface area contributed by atoms with Crippen LogP contribution in [-0.2, 0) is 0 Å². The summed E-state index contributed by atoms with van der Waals surface area (Å²) >= 11 is 0. The second kappa shape index (κ2) is 9.07. The largest absolute Gasteiger partial charge is 0.314 e. The molecule has 0 spiro atoms. The molecule has 2 aliphatic carbocycles. The number of hydrogen-bond acceptors (Lipinski definition) is 1. The van der Waals surface area contributed by atoms with Gasteiger partial charge < -0.3 is 5.32 Å². The summed E-state index contributed by atoms with van der Waals surface area (Å²) in [5, 5.41) is 3.90. The van der Waals surface area contributed by atoms with Gasteiger partial charge in [0.25, 0.3) is 0 Å². The fourth-order valence-corrected chi connectivity index (χ4v) is 4.23. The molecule has 1 nitrogen and oxygen atoms in total. The summed E-state index contributed by atoms with van der Waals surface area (Å²) in [5.41, 5.74) is 0. The van der Waals surface area contributed by atoms with Crippen molar-refractivity contribution < 1.29 is 0 Å². The topological polar surface area (TPSA) is 12.0 Å². The van der Waals surface area contributed by atoms with Crippen molar-refractivity contribution in [3.63, 3.8) is 0 Å². The molecule has 0 aromatic heterocycles. The third-order valence-electron chi connectivity index (χ3n) is 5.89. The lowest BCUT2D eigenvalue weighted by Gasteiger charge is -2.38. The molecule has 2 rings (SSSR count). The summed E-state index contributed by atoms with van der Waals surface area (Å²) in [5.74, 6) is 3.10. The highest BCUT2D eigenvalue weighted by atomic mass is 14.9. The lowest BCUT2D eigenvalue weighted by Crippen LogP contribution is -2.40. The summed E-state index contributed by atoms with van der Waals surface area (Å²) in [6.07, 6.45) is 17.6. The van der Waals surface area contributed by atoms with E-state index in [0.29, 0.717) is 0 Å². The lowest BCUT2D eigenvalue weighted by atomic mass is 9.72. The highest BCUT2D eigenvalue weighted by molar-refractivity contribution is 4.85. The van der Waals surface area contributed by atoms with E-state index in [0.717, 1.165) is 23.8 Å². The lowest BCUT2D eigenvalue weighted by molar-refractivity contribution is 0.169. The molecule has 0 amide bonds. The van der Waals surface area contributed by atoms with Crippen LogP contribution in [0.3, 0.4) is 0 Å². The Morgan fingerprint density at radius 2 is 1.65 bits per heavy atom. The molecule has 2 saturated carbocycles. The van der Waals surface area contributed by atoms with Crippen molar-refractivity contribution in [2.45, 2.75) is 96.9 Å². The first-order valence-corrected chi connectivity index (χ1v) is 9.56. The third-order valence-corrected chi connectivity index (χ3v) is 5.89. The van der Waals surface area contributed by atoms with Crippen LogP contribution in [0, 0.1) is 17.8 Å². The highest BCUT2D eigenvalue weighted by Crippen LogP contribution is 2.38. The monoisotopic (exact) mass is 279 g/mol. The van der Waals surface area contributed by atoms with E-state index in [2.05, 4.69) is 19.2 Å². The number of unbranched alkanes of at least 4 members (excludes halogenated alkanes) is 1. The Kier molecular flexibility index (Phi) is 7.41.